The van der Waals surface area contributed by atoms with Crippen LogP contribution in [-0.4, -0.2) is 43.1 Å². The minimum atomic E-state index is -0.00351. The molecule has 1 amide bonds. The highest BCUT2D eigenvalue weighted by Crippen LogP contribution is 2.32. The second-order valence-corrected chi connectivity index (χ2v) is 8.83. The molecule has 5 heteroatoms. The largest absolute Gasteiger partial charge is 0.493 e. The van der Waals surface area contributed by atoms with Gasteiger partial charge in [-0.2, -0.15) is 0 Å². The maximum atomic E-state index is 13.7. The van der Waals surface area contributed by atoms with Crippen LogP contribution in [0.5, 0.6) is 11.5 Å². The fourth-order valence-corrected chi connectivity index (χ4v) is 4.06. The number of methoxy groups -OCH3 is 2. The summed E-state index contributed by atoms with van der Waals surface area (Å²) in [5, 5.41) is 0. The molecule has 1 aliphatic carbocycles. The van der Waals surface area contributed by atoms with Crippen LogP contribution in [0.2, 0.25) is 0 Å². The molecular formula is C28H32N2O3. The van der Waals surface area contributed by atoms with Crippen LogP contribution in [0.25, 0.3) is 11.1 Å². The van der Waals surface area contributed by atoms with Gasteiger partial charge in [0.2, 0.25) is 0 Å². The van der Waals surface area contributed by atoms with Gasteiger partial charge in [0.15, 0.2) is 11.5 Å². The molecule has 0 radical (unpaired) electrons. The van der Waals surface area contributed by atoms with Gasteiger partial charge in [0.25, 0.3) is 5.91 Å². The van der Waals surface area contributed by atoms with Gasteiger partial charge in [-0.1, -0.05) is 30.3 Å². The van der Waals surface area contributed by atoms with E-state index in [9.17, 15) is 4.79 Å². The Morgan fingerprint density at radius 3 is 2.48 bits per heavy atom. The number of hydrogen-bond acceptors (Lipinski definition) is 4. The maximum Gasteiger partial charge on any atom is 0.273 e. The van der Waals surface area contributed by atoms with Crippen LogP contribution in [0.1, 0.15) is 40.0 Å². The zero-order valence-corrected chi connectivity index (χ0v) is 19.9. The lowest BCUT2D eigenvalue weighted by Crippen LogP contribution is -2.35. The average molecular weight is 445 g/mol. The number of aryl methyl sites for hydroxylation is 2. The van der Waals surface area contributed by atoms with Gasteiger partial charge in [-0.05, 0) is 79.5 Å². The molecule has 3 aromatic rings. The third kappa shape index (κ3) is 5.36. The number of hydrogen-bond donors (Lipinski definition) is 0. The van der Waals surface area contributed by atoms with Crippen molar-refractivity contribution in [3.63, 3.8) is 0 Å². The maximum absolute atomic E-state index is 13.7. The van der Waals surface area contributed by atoms with Crippen molar-refractivity contribution >= 4 is 5.91 Å². The van der Waals surface area contributed by atoms with E-state index < -0.39 is 0 Å². The summed E-state index contributed by atoms with van der Waals surface area (Å²) in [6.45, 7) is 5.60. The number of ether oxygens (including phenoxy) is 2. The number of rotatable bonds is 9. The zero-order valence-electron chi connectivity index (χ0n) is 19.9. The van der Waals surface area contributed by atoms with Crippen LogP contribution >= 0.6 is 0 Å². The molecule has 0 spiro atoms. The first kappa shape index (κ1) is 22.8. The molecule has 0 unspecified atom stereocenters. The smallest absolute Gasteiger partial charge is 0.273 e. The minimum absolute atomic E-state index is 0.00351. The standard InChI is InChI=1S/C28H32N2O3/c1-19-7-11-23(16-20(19)2)24-6-5-14-29-27(24)28(31)30(18-22-8-9-22)15-13-21-10-12-25(32-3)26(17-21)33-4/h5-7,10-12,14,16-17,22H,8-9,13,15,18H2,1-4H3. The number of amides is 1. The fourth-order valence-electron chi connectivity index (χ4n) is 4.06. The van der Waals surface area contributed by atoms with E-state index in [0.717, 1.165) is 29.7 Å². The molecule has 1 saturated carbocycles. The van der Waals surface area contributed by atoms with Crippen LogP contribution < -0.4 is 9.47 Å². The van der Waals surface area contributed by atoms with Crippen LogP contribution in [0, 0.1) is 19.8 Å². The van der Waals surface area contributed by atoms with E-state index in [0.29, 0.717) is 29.7 Å². The first-order chi connectivity index (χ1) is 16.0. The molecule has 1 aliphatic rings. The van der Waals surface area contributed by atoms with Crippen LogP contribution in [0.4, 0.5) is 0 Å². The van der Waals surface area contributed by atoms with Crippen LogP contribution in [-0.2, 0) is 6.42 Å². The van der Waals surface area contributed by atoms with Gasteiger partial charge in [-0.3, -0.25) is 9.78 Å². The van der Waals surface area contributed by atoms with Gasteiger partial charge >= 0.3 is 0 Å². The van der Waals surface area contributed by atoms with Gasteiger partial charge in [-0.15, -0.1) is 0 Å². The Bertz CT molecular complexity index is 1140. The SMILES string of the molecule is COc1ccc(CCN(CC2CC2)C(=O)c2ncccc2-c2ccc(C)c(C)c2)cc1OC. The predicted octanol–water partition coefficient (Wildman–Crippen LogP) is 5.48. The first-order valence-corrected chi connectivity index (χ1v) is 11.5. The van der Waals surface area contributed by atoms with Crippen molar-refractivity contribution < 1.29 is 14.3 Å². The Morgan fingerprint density at radius 2 is 1.79 bits per heavy atom. The van der Waals surface area contributed by atoms with E-state index in [1.807, 2.05) is 35.2 Å². The fraction of sp³-hybridized carbons (Fsp3) is 0.357. The lowest BCUT2D eigenvalue weighted by molar-refractivity contribution is 0.0744. The van der Waals surface area contributed by atoms with Crippen LogP contribution in [0.15, 0.2) is 54.7 Å². The summed E-state index contributed by atoms with van der Waals surface area (Å²) in [5.41, 5.74) is 5.99. The first-order valence-electron chi connectivity index (χ1n) is 11.5. The highest BCUT2D eigenvalue weighted by atomic mass is 16.5. The van der Waals surface area contributed by atoms with Gasteiger partial charge in [0, 0.05) is 24.8 Å². The van der Waals surface area contributed by atoms with Crippen molar-refractivity contribution in [2.24, 2.45) is 5.92 Å². The Hall–Kier alpha value is -3.34. The summed E-state index contributed by atoms with van der Waals surface area (Å²) >= 11 is 0. The normalized spacial score (nSPS) is 13.0. The Balaban J connectivity index is 1.58. The molecule has 5 nitrogen and oxygen atoms in total. The molecule has 2 aromatic carbocycles. The number of carbonyl (C=O) groups excluding carboxylic acids is 1. The third-order valence-corrected chi connectivity index (χ3v) is 6.41. The number of nitrogens with zero attached hydrogens (tertiary/aromatic N) is 2. The van der Waals surface area contributed by atoms with Gasteiger partial charge in [0.1, 0.15) is 5.69 Å². The summed E-state index contributed by atoms with van der Waals surface area (Å²) in [6.07, 6.45) is 4.82. The average Bonchev–Trinajstić information content (AvgIpc) is 3.67. The van der Waals surface area contributed by atoms with Gasteiger partial charge < -0.3 is 14.4 Å². The summed E-state index contributed by atoms with van der Waals surface area (Å²) < 4.78 is 10.8. The molecule has 1 fully saturated rings. The molecule has 0 aliphatic heterocycles. The molecular weight excluding hydrogens is 412 g/mol. The van der Waals surface area contributed by atoms with E-state index in [1.54, 1.807) is 20.4 Å². The van der Waals surface area contributed by atoms with Crippen molar-refractivity contribution in [2.45, 2.75) is 33.1 Å². The Kier molecular flexibility index (Phi) is 6.97. The van der Waals surface area contributed by atoms with E-state index in [1.165, 1.54) is 24.0 Å². The minimum Gasteiger partial charge on any atom is -0.493 e. The summed E-state index contributed by atoms with van der Waals surface area (Å²) in [7, 11) is 3.27. The van der Waals surface area contributed by atoms with Gasteiger partial charge in [-0.25, -0.2) is 0 Å². The molecule has 1 aromatic heterocycles. The summed E-state index contributed by atoms with van der Waals surface area (Å²) in [4.78, 5) is 20.2. The molecule has 172 valence electrons. The highest BCUT2D eigenvalue weighted by molar-refractivity contribution is 5.99. The van der Waals surface area contributed by atoms with Crippen molar-refractivity contribution in [3.8, 4) is 22.6 Å². The summed E-state index contributed by atoms with van der Waals surface area (Å²) in [6, 6.07) is 16.1. The van der Waals surface area contributed by atoms with Crippen molar-refractivity contribution in [3.05, 3.63) is 77.1 Å². The molecule has 4 rings (SSSR count). The lowest BCUT2D eigenvalue weighted by Gasteiger charge is -2.24. The third-order valence-electron chi connectivity index (χ3n) is 6.41. The highest BCUT2D eigenvalue weighted by Gasteiger charge is 2.29. The van der Waals surface area contributed by atoms with Crippen molar-refractivity contribution in [1.29, 1.82) is 0 Å². The van der Waals surface area contributed by atoms with E-state index >= 15 is 0 Å². The molecule has 1 heterocycles. The van der Waals surface area contributed by atoms with Crippen molar-refractivity contribution in [2.75, 3.05) is 27.3 Å². The molecule has 0 bridgehead atoms. The topological polar surface area (TPSA) is 51.7 Å². The molecule has 0 N–H and O–H groups in total. The molecule has 33 heavy (non-hydrogen) atoms. The van der Waals surface area contributed by atoms with Crippen molar-refractivity contribution in [1.82, 2.24) is 9.88 Å². The number of benzene rings is 2. The summed E-state index contributed by atoms with van der Waals surface area (Å²) in [5.74, 6) is 2.00. The number of pyridine rings is 1. The van der Waals surface area contributed by atoms with E-state index in [2.05, 4.69) is 37.0 Å². The second kappa shape index (κ2) is 10.1. The van der Waals surface area contributed by atoms with E-state index in [4.69, 9.17) is 9.47 Å². The lowest BCUT2D eigenvalue weighted by atomic mass is 9.99. The zero-order chi connectivity index (χ0) is 23.4. The Morgan fingerprint density at radius 1 is 1.00 bits per heavy atom. The monoisotopic (exact) mass is 444 g/mol. The predicted molar refractivity (Wildman–Crippen MR) is 131 cm³/mol. The van der Waals surface area contributed by atoms with Gasteiger partial charge in [0.05, 0.1) is 14.2 Å². The van der Waals surface area contributed by atoms with E-state index in [-0.39, 0.29) is 5.91 Å². The number of carbonyl (C=O) groups is 1. The molecule has 0 atom stereocenters. The second-order valence-electron chi connectivity index (χ2n) is 8.83. The number of aromatic nitrogens is 1. The molecule has 0 saturated heterocycles. The Labute approximate surface area is 196 Å². The van der Waals surface area contributed by atoms with Crippen LogP contribution in [0.3, 0.4) is 0 Å². The quantitative estimate of drug-likeness (QED) is 0.439.